The first-order valence-electron chi connectivity index (χ1n) is 10.8. The molecule has 1 saturated carbocycles. The molecule has 5 rings (SSSR count). The lowest BCUT2D eigenvalue weighted by atomic mass is 9.80. The van der Waals surface area contributed by atoms with Gasteiger partial charge < -0.3 is 15.5 Å². The lowest BCUT2D eigenvalue weighted by Crippen LogP contribution is -2.52. The second kappa shape index (κ2) is 7.54. The van der Waals surface area contributed by atoms with Gasteiger partial charge in [-0.25, -0.2) is 0 Å². The SMILES string of the molecule is O=C1CCC(N2Cc3cccc(CNCC4C5CCCC4NC5)c3C2=O)C(=O)N1. The number of imide groups is 1. The first-order chi connectivity index (χ1) is 14.1. The van der Waals surface area contributed by atoms with Gasteiger partial charge in [0, 0.05) is 37.7 Å². The van der Waals surface area contributed by atoms with E-state index in [2.05, 4.69) is 16.0 Å². The van der Waals surface area contributed by atoms with Gasteiger partial charge in [-0.15, -0.1) is 0 Å². The zero-order chi connectivity index (χ0) is 20.0. The van der Waals surface area contributed by atoms with Gasteiger partial charge >= 0.3 is 0 Å². The number of hydrogen-bond donors (Lipinski definition) is 3. The molecule has 7 nitrogen and oxygen atoms in total. The van der Waals surface area contributed by atoms with Gasteiger partial charge in [-0.1, -0.05) is 24.6 Å². The summed E-state index contributed by atoms with van der Waals surface area (Å²) in [5.74, 6) is 0.740. The number of nitrogens with zero attached hydrogens (tertiary/aromatic N) is 1. The van der Waals surface area contributed by atoms with Crippen LogP contribution in [0.5, 0.6) is 0 Å². The molecule has 4 unspecified atom stereocenters. The third-order valence-electron chi connectivity index (χ3n) is 7.19. The van der Waals surface area contributed by atoms with Crippen LogP contribution in [0.2, 0.25) is 0 Å². The van der Waals surface area contributed by atoms with Gasteiger partial charge in [-0.2, -0.15) is 0 Å². The van der Waals surface area contributed by atoms with Crippen LogP contribution in [0.25, 0.3) is 0 Å². The van der Waals surface area contributed by atoms with Crippen LogP contribution in [0.4, 0.5) is 0 Å². The van der Waals surface area contributed by atoms with E-state index in [0.717, 1.165) is 35.7 Å². The van der Waals surface area contributed by atoms with Crippen molar-refractivity contribution in [2.45, 2.75) is 57.3 Å². The number of amides is 3. The molecule has 7 heteroatoms. The largest absolute Gasteiger partial charge is 0.322 e. The molecule has 4 atom stereocenters. The van der Waals surface area contributed by atoms with E-state index in [1.165, 1.54) is 19.3 Å². The standard InChI is InChI=1S/C22H28N4O3/c27-19-8-7-18(21(28)25-19)26-12-15-5-1-4-14(20(15)22(26)29)9-23-11-16-13-3-2-6-17(16)24-10-13/h1,4-5,13,16-18,23-24H,2-3,6-12H2,(H,25,27,28). The highest BCUT2D eigenvalue weighted by Gasteiger charge is 2.40. The van der Waals surface area contributed by atoms with Crippen LogP contribution in [0.15, 0.2) is 18.2 Å². The molecule has 154 valence electrons. The zero-order valence-electron chi connectivity index (χ0n) is 16.6. The Balaban J connectivity index is 1.26. The van der Waals surface area contributed by atoms with Crippen LogP contribution in [0.1, 0.15) is 53.6 Å². The fourth-order valence-electron chi connectivity index (χ4n) is 5.69. The minimum absolute atomic E-state index is 0.0914. The predicted octanol–water partition coefficient (Wildman–Crippen LogP) is 0.925. The van der Waals surface area contributed by atoms with E-state index in [-0.39, 0.29) is 24.1 Å². The van der Waals surface area contributed by atoms with Crippen molar-refractivity contribution in [3.63, 3.8) is 0 Å². The molecule has 29 heavy (non-hydrogen) atoms. The van der Waals surface area contributed by atoms with Crippen LogP contribution in [-0.4, -0.2) is 47.8 Å². The Bertz CT molecular complexity index is 838. The molecule has 3 heterocycles. The van der Waals surface area contributed by atoms with Crippen molar-refractivity contribution in [1.82, 2.24) is 20.9 Å². The van der Waals surface area contributed by atoms with Crippen molar-refractivity contribution in [3.8, 4) is 0 Å². The molecule has 1 aromatic carbocycles. The van der Waals surface area contributed by atoms with Gasteiger partial charge in [0.2, 0.25) is 11.8 Å². The number of hydrogen-bond acceptors (Lipinski definition) is 5. The summed E-state index contributed by atoms with van der Waals surface area (Å²) >= 11 is 0. The molecule has 3 amide bonds. The number of carbonyl (C=O) groups excluding carboxylic acids is 3. The zero-order valence-corrected chi connectivity index (χ0v) is 16.6. The molecule has 4 aliphatic rings. The molecule has 3 aliphatic heterocycles. The molecule has 1 aliphatic carbocycles. The number of carbonyl (C=O) groups is 3. The van der Waals surface area contributed by atoms with E-state index in [4.69, 9.17) is 0 Å². The van der Waals surface area contributed by atoms with Gasteiger partial charge in [-0.3, -0.25) is 19.7 Å². The molecule has 3 N–H and O–H groups in total. The molecule has 0 radical (unpaired) electrons. The summed E-state index contributed by atoms with van der Waals surface area (Å²) in [5, 5.41) is 9.61. The van der Waals surface area contributed by atoms with E-state index in [0.29, 0.717) is 31.5 Å². The van der Waals surface area contributed by atoms with Crippen LogP contribution in [0, 0.1) is 11.8 Å². The summed E-state index contributed by atoms with van der Waals surface area (Å²) in [4.78, 5) is 38.5. The fourth-order valence-corrected chi connectivity index (χ4v) is 5.69. The first-order valence-corrected chi connectivity index (χ1v) is 10.8. The van der Waals surface area contributed by atoms with E-state index < -0.39 is 6.04 Å². The van der Waals surface area contributed by atoms with Gasteiger partial charge in [0.15, 0.2) is 0 Å². The highest BCUT2D eigenvalue weighted by molar-refractivity contribution is 6.05. The fraction of sp³-hybridized carbons (Fsp3) is 0.591. The third kappa shape index (κ3) is 3.36. The maximum atomic E-state index is 13.1. The quantitative estimate of drug-likeness (QED) is 0.644. The van der Waals surface area contributed by atoms with Crippen molar-refractivity contribution in [2.75, 3.05) is 13.1 Å². The summed E-state index contributed by atoms with van der Waals surface area (Å²) in [7, 11) is 0. The second-order valence-electron chi connectivity index (χ2n) is 8.85. The highest BCUT2D eigenvalue weighted by Crippen LogP contribution is 2.35. The van der Waals surface area contributed by atoms with Crippen LogP contribution >= 0.6 is 0 Å². The molecule has 3 fully saturated rings. The average molecular weight is 396 g/mol. The topological polar surface area (TPSA) is 90.5 Å². The van der Waals surface area contributed by atoms with Crippen molar-refractivity contribution < 1.29 is 14.4 Å². The number of fused-ring (bicyclic) bond motifs is 3. The number of nitrogens with one attached hydrogen (secondary N) is 3. The predicted molar refractivity (Wildman–Crippen MR) is 107 cm³/mol. The second-order valence-corrected chi connectivity index (χ2v) is 8.85. The summed E-state index contributed by atoms with van der Waals surface area (Å²) in [5.41, 5.74) is 2.70. The van der Waals surface area contributed by atoms with Gasteiger partial charge in [0.1, 0.15) is 6.04 Å². The molecule has 2 bridgehead atoms. The van der Waals surface area contributed by atoms with E-state index in [9.17, 15) is 14.4 Å². The number of piperidine rings is 1. The van der Waals surface area contributed by atoms with E-state index >= 15 is 0 Å². The first kappa shape index (κ1) is 18.8. The van der Waals surface area contributed by atoms with E-state index in [1.807, 2.05) is 18.2 Å². The van der Waals surface area contributed by atoms with Crippen LogP contribution in [-0.2, 0) is 22.7 Å². The smallest absolute Gasteiger partial charge is 0.255 e. The third-order valence-corrected chi connectivity index (χ3v) is 7.19. The molecular weight excluding hydrogens is 368 g/mol. The van der Waals surface area contributed by atoms with Crippen molar-refractivity contribution in [3.05, 3.63) is 34.9 Å². The summed E-state index contributed by atoms with van der Waals surface area (Å²) in [6, 6.07) is 6.03. The normalized spacial score (nSPS) is 31.2. The number of rotatable bonds is 5. The molecule has 2 saturated heterocycles. The van der Waals surface area contributed by atoms with Gasteiger partial charge in [0.05, 0.1) is 0 Å². The van der Waals surface area contributed by atoms with Crippen molar-refractivity contribution >= 4 is 17.7 Å². The lowest BCUT2D eigenvalue weighted by molar-refractivity contribution is -0.136. The van der Waals surface area contributed by atoms with Crippen LogP contribution < -0.4 is 16.0 Å². The minimum atomic E-state index is -0.558. The Kier molecular flexibility index (Phi) is 4.87. The Morgan fingerprint density at radius 1 is 1.14 bits per heavy atom. The Morgan fingerprint density at radius 3 is 2.86 bits per heavy atom. The summed E-state index contributed by atoms with van der Waals surface area (Å²) < 4.78 is 0. The lowest BCUT2D eigenvalue weighted by Gasteiger charge is -2.29. The molecule has 1 aromatic rings. The Hall–Kier alpha value is -2.25. The van der Waals surface area contributed by atoms with Crippen molar-refractivity contribution in [1.29, 1.82) is 0 Å². The summed E-state index contributed by atoms with van der Waals surface area (Å²) in [6.07, 6.45) is 4.59. The monoisotopic (exact) mass is 396 g/mol. The van der Waals surface area contributed by atoms with E-state index in [1.54, 1.807) is 4.90 Å². The Labute approximate surface area is 170 Å². The maximum absolute atomic E-state index is 13.1. The summed E-state index contributed by atoms with van der Waals surface area (Å²) in [6.45, 7) is 3.20. The highest BCUT2D eigenvalue weighted by atomic mass is 16.2. The number of benzene rings is 1. The molecular formula is C22H28N4O3. The molecule has 0 spiro atoms. The van der Waals surface area contributed by atoms with Crippen LogP contribution in [0.3, 0.4) is 0 Å². The van der Waals surface area contributed by atoms with Gasteiger partial charge in [-0.05, 0) is 48.8 Å². The Morgan fingerprint density at radius 2 is 2.03 bits per heavy atom. The average Bonchev–Trinajstić information content (AvgIpc) is 3.14. The maximum Gasteiger partial charge on any atom is 0.255 e. The van der Waals surface area contributed by atoms with Crippen molar-refractivity contribution in [2.24, 2.45) is 11.8 Å². The molecule has 0 aromatic heterocycles. The minimum Gasteiger partial charge on any atom is -0.322 e. The van der Waals surface area contributed by atoms with Gasteiger partial charge in [0.25, 0.3) is 5.91 Å².